The largest absolute Gasteiger partial charge is 0.487 e. The summed E-state index contributed by atoms with van der Waals surface area (Å²) in [5, 5.41) is 0.405. The number of nitrogens with one attached hydrogen (secondary N) is 1. The molecule has 1 atom stereocenters. The van der Waals surface area contributed by atoms with Crippen LogP contribution in [0.1, 0.15) is 6.42 Å². The molecule has 1 fully saturated rings. The molecule has 1 aliphatic heterocycles. The lowest BCUT2D eigenvalue weighted by Gasteiger charge is -2.16. The molecule has 152 valence electrons. The maximum atomic E-state index is 12.8. The Morgan fingerprint density at radius 2 is 2.07 bits per heavy atom. The Hall–Kier alpha value is -2.30. The van der Waals surface area contributed by atoms with Crippen molar-refractivity contribution in [2.24, 2.45) is 0 Å². The van der Waals surface area contributed by atoms with Gasteiger partial charge in [0.05, 0.1) is 31.1 Å². The number of halogens is 1. The molecule has 2 heterocycles. The van der Waals surface area contributed by atoms with Crippen molar-refractivity contribution in [3.63, 3.8) is 0 Å². The molecule has 1 unspecified atom stereocenters. The Bertz CT molecular complexity index is 957. The van der Waals surface area contributed by atoms with Crippen LogP contribution in [0, 0.1) is 0 Å². The summed E-state index contributed by atoms with van der Waals surface area (Å²) in [5.74, 6) is 0.291. The molecule has 11 heteroatoms. The van der Waals surface area contributed by atoms with Crippen molar-refractivity contribution in [3.05, 3.63) is 29.4 Å². The van der Waals surface area contributed by atoms with Crippen LogP contribution in [-0.4, -0.2) is 63.7 Å². The average molecular weight is 429 g/mol. The lowest BCUT2D eigenvalue weighted by molar-refractivity contribution is 0.208. The van der Waals surface area contributed by atoms with E-state index in [0.717, 1.165) is 25.7 Å². The summed E-state index contributed by atoms with van der Waals surface area (Å²) < 4.78 is 43.9. The standard InChI is InChI=1S/C17H21ClN4O5S/c1-22-7-6-12(10-22)27-14-8-11(4-5-13(14)18)21-28(23,24)15-9-19-17(26-3)20-16(15)25-2/h4-5,8-9,12,21H,6-7,10H2,1-3H3. The molecule has 1 aromatic heterocycles. The van der Waals surface area contributed by atoms with Crippen molar-refractivity contribution in [2.75, 3.05) is 39.1 Å². The fourth-order valence-corrected chi connectivity index (χ4v) is 4.07. The highest BCUT2D eigenvalue weighted by molar-refractivity contribution is 7.92. The number of sulfonamides is 1. The highest BCUT2D eigenvalue weighted by atomic mass is 35.5. The van der Waals surface area contributed by atoms with E-state index in [-0.39, 0.29) is 22.9 Å². The summed E-state index contributed by atoms with van der Waals surface area (Å²) in [6.45, 7) is 1.72. The molecule has 1 aromatic carbocycles. The summed E-state index contributed by atoms with van der Waals surface area (Å²) >= 11 is 6.21. The van der Waals surface area contributed by atoms with Gasteiger partial charge in [-0.2, -0.15) is 4.98 Å². The fourth-order valence-electron chi connectivity index (χ4n) is 2.81. The lowest BCUT2D eigenvalue weighted by atomic mass is 10.3. The maximum Gasteiger partial charge on any atom is 0.319 e. The van der Waals surface area contributed by atoms with Gasteiger partial charge in [-0.25, -0.2) is 13.4 Å². The van der Waals surface area contributed by atoms with Gasteiger partial charge in [-0.1, -0.05) is 11.6 Å². The summed E-state index contributed by atoms with van der Waals surface area (Å²) in [6.07, 6.45) is 2.00. The summed E-state index contributed by atoms with van der Waals surface area (Å²) in [6, 6.07) is 4.67. The second-order valence-corrected chi connectivity index (χ2v) is 8.33. The van der Waals surface area contributed by atoms with Gasteiger partial charge in [0.2, 0.25) is 5.88 Å². The predicted molar refractivity (Wildman–Crippen MR) is 104 cm³/mol. The Kier molecular flexibility index (Phi) is 6.11. The smallest absolute Gasteiger partial charge is 0.319 e. The van der Waals surface area contributed by atoms with Gasteiger partial charge < -0.3 is 19.1 Å². The van der Waals surface area contributed by atoms with E-state index in [1.54, 1.807) is 18.2 Å². The number of nitrogens with zero attached hydrogens (tertiary/aromatic N) is 3. The Morgan fingerprint density at radius 1 is 1.29 bits per heavy atom. The number of hydrogen-bond donors (Lipinski definition) is 1. The van der Waals surface area contributed by atoms with Crippen LogP contribution in [0.25, 0.3) is 0 Å². The van der Waals surface area contributed by atoms with Crippen LogP contribution in [0.2, 0.25) is 5.02 Å². The summed E-state index contributed by atoms with van der Waals surface area (Å²) in [4.78, 5) is 9.67. The van der Waals surface area contributed by atoms with Gasteiger partial charge in [0, 0.05) is 19.2 Å². The maximum absolute atomic E-state index is 12.8. The number of methoxy groups -OCH3 is 2. The van der Waals surface area contributed by atoms with Crippen LogP contribution in [-0.2, 0) is 10.0 Å². The van der Waals surface area contributed by atoms with Crippen LogP contribution in [0.5, 0.6) is 17.6 Å². The van der Waals surface area contributed by atoms with Gasteiger partial charge in [-0.05, 0) is 25.6 Å². The van der Waals surface area contributed by atoms with Crippen LogP contribution < -0.4 is 18.9 Å². The van der Waals surface area contributed by atoms with Gasteiger partial charge in [0.15, 0.2) is 4.90 Å². The van der Waals surface area contributed by atoms with E-state index in [0.29, 0.717) is 16.5 Å². The van der Waals surface area contributed by atoms with Gasteiger partial charge in [0.1, 0.15) is 11.9 Å². The molecule has 3 rings (SSSR count). The van der Waals surface area contributed by atoms with Gasteiger partial charge in [0.25, 0.3) is 10.0 Å². The van der Waals surface area contributed by atoms with E-state index < -0.39 is 10.0 Å². The van der Waals surface area contributed by atoms with Crippen molar-refractivity contribution in [2.45, 2.75) is 17.4 Å². The Morgan fingerprint density at radius 3 is 2.71 bits per heavy atom. The molecular weight excluding hydrogens is 408 g/mol. The quantitative estimate of drug-likeness (QED) is 0.714. The number of ether oxygens (including phenoxy) is 3. The van der Waals surface area contributed by atoms with Crippen LogP contribution in [0.15, 0.2) is 29.3 Å². The van der Waals surface area contributed by atoms with Gasteiger partial charge in [-0.3, -0.25) is 4.72 Å². The molecule has 28 heavy (non-hydrogen) atoms. The minimum atomic E-state index is -4.01. The molecule has 1 aliphatic rings. The number of hydrogen-bond acceptors (Lipinski definition) is 8. The minimum Gasteiger partial charge on any atom is -0.487 e. The normalized spacial score (nSPS) is 17.4. The van der Waals surface area contributed by atoms with E-state index in [9.17, 15) is 8.42 Å². The first kappa shape index (κ1) is 20.4. The van der Waals surface area contributed by atoms with Crippen molar-refractivity contribution in [1.82, 2.24) is 14.9 Å². The van der Waals surface area contributed by atoms with E-state index in [2.05, 4.69) is 19.6 Å². The first-order valence-corrected chi connectivity index (χ1v) is 10.3. The number of anilines is 1. The van der Waals surface area contributed by atoms with Gasteiger partial charge in [-0.15, -0.1) is 0 Å². The monoisotopic (exact) mass is 428 g/mol. The lowest BCUT2D eigenvalue weighted by Crippen LogP contribution is -2.21. The molecule has 0 bridgehead atoms. The predicted octanol–water partition coefficient (Wildman–Crippen LogP) is 2.03. The van der Waals surface area contributed by atoms with Gasteiger partial charge >= 0.3 is 6.01 Å². The van der Waals surface area contributed by atoms with E-state index in [1.807, 2.05) is 7.05 Å². The third-order valence-electron chi connectivity index (χ3n) is 4.19. The van der Waals surface area contributed by atoms with E-state index in [4.69, 9.17) is 25.8 Å². The van der Waals surface area contributed by atoms with Crippen LogP contribution in [0.3, 0.4) is 0 Å². The zero-order valence-corrected chi connectivity index (χ0v) is 17.2. The Balaban J connectivity index is 1.83. The van der Waals surface area contributed by atoms with Crippen molar-refractivity contribution >= 4 is 27.3 Å². The average Bonchev–Trinajstić information content (AvgIpc) is 3.08. The summed E-state index contributed by atoms with van der Waals surface area (Å²) in [5.41, 5.74) is 0.295. The van der Waals surface area contributed by atoms with Crippen molar-refractivity contribution < 1.29 is 22.6 Å². The molecule has 0 saturated carbocycles. The van der Waals surface area contributed by atoms with Crippen LogP contribution >= 0.6 is 11.6 Å². The number of likely N-dealkylation sites (tertiary alicyclic amines) is 1. The third kappa shape index (κ3) is 4.57. The number of benzene rings is 1. The second-order valence-electron chi connectivity index (χ2n) is 6.27. The van der Waals surface area contributed by atoms with Crippen LogP contribution in [0.4, 0.5) is 5.69 Å². The molecule has 0 aliphatic carbocycles. The number of rotatable bonds is 7. The van der Waals surface area contributed by atoms with E-state index in [1.165, 1.54) is 14.2 Å². The highest BCUT2D eigenvalue weighted by Gasteiger charge is 2.24. The molecule has 9 nitrogen and oxygen atoms in total. The first-order chi connectivity index (χ1) is 13.3. The molecule has 1 N–H and O–H groups in total. The topological polar surface area (TPSA) is 103 Å². The first-order valence-electron chi connectivity index (χ1n) is 8.45. The van der Waals surface area contributed by atoms with E-state index >= 15 is 0 Å². The SMILES string of the molecule is COc1ncc(S(=O)(=O)Nc2ccc(Cl)c(OC3CCN(C)C3)c2)c(OC)n1. The molecule has 0 spiro atoms. The van der Waals surface area contributed by atoms with Crippen molar-refractivity contribution in [3.8, 4) is 17.6 Å². The molecule has 2 aromatic rings. The fraction of sp³-hybridized carbons (Fsp3) is 0.412. The Labute approximate surface area is 168 Å². The van der Waals surface area contributed by atoms with Crippen molar-refractivity contribution in [1.29, 1.82) is 0 Å². The molecule has 1 saturated heterocycles. The number of aromatic nitrogens is 2. The molecule has 0 amide bonds. The highest BCUT2D eigenvalue weighted by Crippen LogP contribution is 2.32. The molecule has 0 radical (unpaired) electrons. The third-order valence-corrected chi connectivity index (χ3v) is 5.87. The second kappa shape index (κ2) is 8.38. The summed E-state index contributed by atoms with van der Waals surface area (Å²) in [7, 11) is 0.691. The number of likely N-dealkylation sites (N-methyl/N-ethyl adjacent to an activating group) is 1. The molecular formula is C17H21ClN4O5S. The zero-order chi connectivity index (χ0) is 20.3. The minimum absolute atomic E-state index is 0.000453. The zero-order valence-electron chi connectivity index (χ0n) is 15.7.